The molecule has 4 rings (SSSR count). The Morgan fingerprint density at radius 1 is 1.18 bits per heavy atom. The van der Waals surface area contributed by atoms with E-state index in [1.807, 2.05) is 6.07 Å². The van der Waals surface area contributed by atoms with Gasteiger partial charge in [0, 0.05) is 6.54 Å². The quantitative estimate of drug-likeness (QED) is 0.896. The molecule has 1 aromatic rings. The van der Waals surface area contributed by atoms with E-state index in [4.69, 9.17) is 0 Å². The predicted molar refractivity (Wildman–Crippen MR) is 86.1 cm³/mol. The van der Waals surface area contributed by atoms with Gasteiger partial charge >= 0.3 is 0 Å². The highest BCUT2D eigenvalue weighted by molar-refractivity contribution is 5.97. The number of phenols is 1. The standard InChI is InChI=1S/C19H25NO2/c21-17-10-15-4-2-1-3-14(15)9-16(17)18(22)20-12-13-5-6-19(11-13)7-8-19/h9-10,13,21H,1-8,11-12H2,(H,20,22). The fourth-order valence-corrected chi connectivity index (χ4v) is 4.42. The maximum atomic E-state index is 12.4. The Morgan fingerprint density at radius 3 is 2.59 bits per heavy atom. The van der Waals surface area contributed by atoms with Crippen molar-refractivity contribution in [1.82, 2.24) is 5.32 Å². The minimum Gasteiger partial charge on any atom is -0.507 e. The Balaban J connectivity index is 1.41. The van der Waals surface area contributed by atoms with Gasteiger partial charge in [-0.3, -0.25) is 4.79 Å². The lowest BCUT2D eigenvalue weighted by Gasteiger charge is -2.18. The Kier molecular flexibility index (Phi) is 3.39. The first-order valence-electron chi connectivity index (χ1n) is 8.78. The second-order valence-electron chi connectivity index (χ2n) is 7.66. The molecule has 118 valence electrons. The molecule has 3 aliphatic rings. The molecule has 0 bridgehead atoms. The summed E-state index contributed by atoms with van der Waals surface area (Å²) in [6, 6.07) is 3.72. The molecule has 2 fully saturated rings. The van der Waals surface area contributed by atoms with Crippen LogP contribution in [0, 0.1) is 11.3 Å². The lowest BCUT2D eigenvalue weighted by Crippen LogP contribution is -2.28. The Labute approximate surface area is 132 Å². The van der Waals surface area contributed by atoms with E-state index in [2.05, 4.69) is 5.32 Å². The smallest absolute Gasteiger partial charge is 0.255 e. The van der Waals surface area contributed by atoms with Gasteiger partial charge in [-0.2, -0.15) is 0 Å². The molecule has 0 heterocycles. The number of hydrogen-bond acceptors (Lipinski definition) is 2. The van der Waals surface area contributed by atoms with Crippen molar-refractivity contribution in [3.05, 3.63) is 28.8 Å². The lowest BCUT2D eigenvalue weighted by molar-refractivity contribution is 0.0944. The molecule has 0 aromatic heterocycles. The number of carbonyl (C=O) groups is 1. The maximum absolute atomic E-state index is 12.4. The number of nitrogens with one attached hydrogen (secondary N) is 1. The second-order valence-corrected chi connectivity index (χ2v) is 7.66. The third-order valence-corrected chi connectivity index (χ3v) is 6.02. The van der Waals surface area contributed by atoms with E-state index in [1.165, 1.54) is 56.1 Å². The number of rotatable bonds is 3. The monoisotopic (exact) mass is 299 g/mol. The van der Waals surface area contributed by atoms with E-state index < -0.39 is 0 Å². The number of carbonyl (C=O) groups excluding carboxylic acids is 1. The summed E-state index contributed by atoms with van der Waals surface area (Å²) in [4.78, 5) is 12.4. The van der Waals surface area contributed by atoms with Gasteiger partial charge < -0.3 is 10.4 Å². The van der Waals surface area contributed by atoms with Gasteiger partial charge in [0.2, 0.25) is 0 Å². The maximum Gasteiger partial charge on any atom is 0.255 e. The van der Waals surface area contributed by atoms with Crippen LogP contribution in [-0.2, 0) is 12.8 Å². The fourth-order valence-electron chi connectivity index (χ4n) is 4.42. The molecule has 1 amide bonds. The van der Waals surface area contributed by atoms with Crippen molar-refractivity contribution in [1.29, 1.82) is 0 Å². The summed E-state index contributed by atoms with van der Waals surface area (Å²) in [6.07, 6.45) is 11.1. The van der Waals surface area contributed by atoms with Crippen molar-refractivity contribution < 1.29 is 9.90 Å². The summed E-state index contributed by atoms with van der Waals surface area (Å²) >= 11 is 0. The number of fused-ring (bicyclic) bond motifs is 1. The van der Waals surface area contributed by atoms with Crippen molar-refractivity contribution >= 4 is 5.91 Å². The zero-order valence-corrected chi connectivity index (χ0v) is 13.2. The third-order valence-electron chi connectivity index (χ3n) is 6.02. The first kappa shape index (κ1) is 14.1. The van der Waals surface area contributed by atoms with Gasteiger partial charge in [-0.05, 0) is 92.4 Å². The van der Waals surface area contributed by atoms with Gasteiger partial charge in [0.1, 0.15) is 5.75 Å². The Bertz CT molecular complexity index is 604. The first-order valence-corrected chi connectivity index (χ1v) is 8.78. The van der Waals surface area contributed by atoms with Crippen molar-refractivity contribution in [3.8, 4) is 5.75 Å². The zero-order valence-electron chi connectivity index (χ0n) is 13.2. The van der Waals surface area contributed by atoms with Crippen LogP contribution in [0.3, 0.4) is 0 Å². The first-order chi connectivity index (χ1) is 10.7. The summed E-state index contributed by atoms with van der Waals surface area (Å²) in [5.74, 6) is 0.664. The minimum absolute atomic E-state index is 0.109. The number of benzene rings is 1. The zero-order chi connectivity index (χ0) is 15.2. The molecule has 3 nitrogen and oxygen atoms in total. The number of phenolic OH excluding ortho intramolecular Hbond substituents is 1. The van der Waals surface area contributed by atoms with Gasteiger partial charge in [0.25, 0.3) is 5.91 Å². The molecule has 3 heteroatoms. The topological polar surface area (TPSA) is 49.3 Å². The van der Waals surface area contributed by atoms with Crippen molar-refractivity contribution in [2.24, 2.45) is 11.3 Å². The number of aromatic hydroxyl groups is 1. The average Bonchev–Trinajstić information content (AvgIpc) is 3.15. The summed E-state index contributed by atoms with van der Waals surface area (Å²) in [5, 5.41) is 13.2. The molecule has 22 heavy (non-hydrogen) atoms. The van der Waals surface area contributed by atoms with Gasteiger partial charge in [0.05, 0.1) is 5.56 Å². The van der Waals surface area contributed by atoms with Crippen LogP contribution in [-0.4, -0.2) is 17.6 Å². The van der Waals surface area contributed by atoms with Crippen LogP contribution in [0.25, 0.3) is 0 Å². The highest BCUT2D eigenvalue weighted by atomic mass is 16.3. The second kappa shape index (κ2) is 5.29. The van der Waals surface area contributed by atoms with E-state index in [-0.39, 0.29) is 11.7 Å². The molecule has 1 aromatic carbocycles. The molecule has 1 unspecified atom stereocenters. The van der Waals surface area contributed by atoms with Gasteiger partial charge in [-0.15, -0.1) is 0 Å². The summed E-state index contributed by atoms with van der Waals surface area (Å²) in [6.45, 7) is 0.761. The Morgan fingerprint density at radius 2 is 1.91 bits per heavy atom. The van der Waals surface area contributed by atoms with Crippen LogP contribution in [0.15, 0.2) is 12.1 Å². The largest absolute Gasteiger partial charge is 0.507 e. The molecule has 0 aliphatic heterocycles. The van der Waals surface area contributed by atoms with Gasteiger partial charge in [-0.1, -0.05) is 0 Å². The highest BCUT2D eigenvalue weighted by Crippen LogP contribution is 2.59. The molecular weight excluding hydrogens is 274 g/mol. The minimum atomic E-state index is -0.109. The normalized spacial score (nSPS) is 25.0. The van der Waals surface area contributed by atoms with Crippen LogP contribution < -0.4 is 5.32 Å². The molecule has 3 aliphatic carbocycles. The van der Waals surface area contributed by atoms with Crippen LogP contribution >= 0.6 is 0 Å². The van der Waals surface area contributed by atoms with Crippen molar-refractivity contribution in [3.63, 3.8) is 0 Å². The van der Waals surface area contributed by atoms with Crippen LogP contribution in [0.2, 0.25) is 0 Å². The summed E-state index contributed by atoms with van der Waals surface area (Å²) in [5.41, 5.74) is 3.57. The number of aryl methyl sites for hydroxylation is 2. The lowest BCUT2D eigenvalue weighted by atomic mass is 9.90. The summed E-state index contributed by atoms with van der Waals surface area (Å²) < 4.78 is 0. The van der Waals surface area contributed by atoms with E-state index in [1.54, 1.807) is 6.07 Å². The number of amides is 1. The molecule has 1 spiro atoms. The number of hydrogen-bond donors (Lipinski definition) is 2. The summed E-state index contributed by atoms with van der Waals surface area (Å²) in [7, 11) is 0. The average molecular weight is 299 g/mol. The molecule has 2 saturated carbocycles. The molecule has 1 atom stereocenters. The van der Waals surface area contributed by atoms with Gasteiger partial charge in [0.15, 0.2) is 0 Å². The van der Waals surface area contributed by atoms with E-state index in [0.29, 0.717) is 16.9 Å². The highest BCUT2D eigenvalue weighted by Gasteiger charge is 2.47. The van der Waals surface area contributed by atoms with Gasteiger partial charge in [-0.25, -0.2) is 0 Å². The fraction of sp³-hybridized carbons (Fsp3) is 0.632. The van der Waals surface area contributed by atoms with E-state index in [0.717, 1.165) is 19.4 Å². The van der Waals surface area contributed by atoms with E-state index >= 15 is 0 Å². The van der Waals surface area contributed by atoms with Crippen LogP contribution in [0.1, 0.15) is 66.4 Å². The van der Waals surface area contributed by atoms with Crippen LogP contribution in [0.5, 0.6) is 5.75 Å². The molecular formula is C19H25NO2. The molecule has 0 radical (unpaired) electrons. The van der Waals surface area contributed by atoms with Crippen molar-refractivity contribution in [2.75, 3.05) is 6.54 Å². The Hall–Kier alpha value is -1.51. The van der Waals surface area contributed by atoms with E-state index in [9.17, 15) is 9.90 Å². The van der Waals surface area contributed by atoms with Crippen LogP contribution in [0.4, 0.5) is 0 Å². The SMILES string of the molecule is O=C(NCC1CCC2(CC2)C1)c1cc2c(cc1O)CCCC2. The molecule has 2 N–H and O–H groups in total. The third kappa shape index (κ3) is 2.62. The molecule has 0 saturated heterocycles. The predicted octanol–water partition coefficient (Wildman–Crippen LogP) is 3.58. The van der Waals surface area contributed by atoms with Crippen molar-refractivity contribution in [2.45, 2.75) is 57.8 Å².